The van der Waals surface area contributed by atoms with Crippen LogP contribution in [0.5, 0.6) is 11.5 Å². The number of hydrogen-bond donors (Lipinski definition) is 1. The number of benzene rings is 1. The smallest absolute Gasteiger partial charge is 0.161 e. The normalized spacial score (nSPS) is 25.8. The second kappa shape index (κ2) is 7.41. The van der Waals surface area contributed by atoms with Gasteiger partial charge in [-0.15, -0.1) is 0 Å². The highest BCUT2D eigenvalue weighted by molar-refractivity contribution is 7.99. The van der Waals surface area contributed by atoms with Crippen molar-refractivity contribution in [1.29, 1.82) is 0 Å². The number of nitrogens with one attached hydrogen (secondary N) is 1. The van der Waals surface area contributed by atoms with Crippen LogP contribution in [0.2, 0.25) is 0 Å². The molecule has 116 valence electrons. The van der Waals surface area contributed by atoms with Crippen LogP contribution >= 0.6 is 11.8 Å². The van der Waals surface area contributed by atoms with Gasteiger partial charge in [-0.05, 0) is 68.1 Å². The highest BCUT2D eigenvalue weighted by Crippen LogP contribution is 2.32. The zero-order valence-electron chi connectivity index (χ0n) is 12.8. The van der Waals surface area contributed by atoms with E-state index in [2.05, 4.69) is 23.5 Å². The molecule has 0 radical (unpaired) electrons. The van der Waals surface area contributed by atoms with Crippen molar-refractivity contribution in [2.45, 2.75) is 31.8 Å². The van der Waals surface area contributed by atoms with E-state index < -0.39 is 0 Å². The molecule has 2 atom stereocenters. The van der Waals surface area contributed by atoms with Gasteiger partial charge in [-0.3, -0.25) is 0 Å². The summed E-state index contributed by atoms with van der Waals surface area (Å²) in [5.74, 6) is 4.84. The molecular weight excluding hydrogens is 282 g/mol. The number of hydrogen-bond acceptors (Lipinski definition) is 4. The molecule has 0 amide bonds. The number of methoxy groups -OCH3 is 1. The van der Waals surface area contributed by atoms with Gasteiger partial charge >= 0.3 is 0 Å². The Labute approximate surface area is 131 Å². The minimum absolute atomic E-state index is 0.343. The third kappa shape index (κ3) is 4.07. The Morgan fingerprint density at radius 2 is 2.24 bits per heavy atom. The molecule has 2 aliphatic rings. The van der Waals surface area contributed by atoms with Crippen LogP contribution in [0.4, 0.5) is 0 Å². The largest absolute Gasteiger partial charge is 0.493 e. The van der Waals surface area contributed by atoms with E-state index >= 15 is 0 Å². The molecule has 2 aliphatic heterocycles. The van der Waals surface area contributed by atoms with Gasteiger partial charge in [0.25, 0.3) is 0 Å². The summed E-state index contributed by atoms with van der Waals surface area (Å²) in [4.78, 5) is 0. The molecule has 0 aliphatic carbocycles. The SMILES string of the molecule is COc1ccc(CC2CCCNC2)cc1OC1CCSC1. The second-order valence-corrected chi connectivity index (χ2v) is 7.15. The van der Waals surface area contributed by atoms with E-state index in [1.54, 1.807) is 7.11 Å². The van der Waals surface area contributed by atoms with E-state index in [-0.39, 0.29) is 0 Å². The third-order valence-corrected chi connectivity index (χ3v) is 5.46. The summed E-state index contributed by atoms with van der Waals surface area (Å²) >= 11 is 1.97. The topological polar surface area (TPSA) is 30.5 Å². The fourth-order valence-electron chi connectivity index (χ4n) is 3.16. The molecule has 2 heterocycles. The van der Waals surface area contributed by atoms with Gasteiger partial charge in [-0.2, -0.15) is 11.8 Å². The molecule has 1 aromatic carbocycles. The Kier molecular flexibility index (Phi) is 5.31. The Morgan fingerprint density at radius 3 is 2.95 bits per heavy atom. The van der Waals surface area contributed by atoms with Crippen molar-refractivity contribution in [3.05, 3.63) is 23.8 Å². The number of ether oxygens (including phenoxy) is 2. The summed E-state index contributed by atoms with van der Waals surface area (Å²) in [6.07, 6.45) is 5.24. The van der Waals surface area contributed by atoms with Crippen molar-refractivity contribution in [2.24, 2.45) is 5.92 Å². The van der Waals surface area contributed by atoms with Crippen molar-refractivity contribution in [2.75, 3.05) is 31.7 Å². The predicted octanol–water partition coefficient (Wildman–Crippen LogP) is 3.12. The minimum atomic E-state index is 0.343. The highest BCUT2D eigenvalue weighted by Gasteiger charge is 2.20. The van der Waals surface area contributed by atoms with Gasteiger partial charge in [0.2, 0.25) is 0 Å². The van der Waals surface area contributed by atoms with E-state index in [0.717, 1.165) is 42.6 Å². The lowest BCUT2D eigenvalue weighted by Crippen LogP contribution is -2.30. The van der Waals surface area contributed by atoms with Crippen molar-refractivity contribution in [3.63, 3.8) is 0 Å². The summed E-state index contributed by atoms with van der Waals surface area (Å²) in [6.45, 7) is 2.31. The summed E-state index contributed by atoms with van der Waals surface area (Å²) in [7, 11) is 1.72. The summed E-state index contributed by atoms with van der Waals surface area (Å²) in [5, 5.41) is 3.49. The van der Waals surface area contributed by atoms with Crippen LogP contribution in [0.1, 0.15) is 24.8 Å². The molecule has 0 bridgehead atoms. The molecule has 3 nitrogen and oxygen atoms in total. The van der Waals surface area contributed by atoms with Gasteiger partial charge < -0.3 is 14.8 Å². The standard InChI is InChI=1S/C17H25NO2S/c1-19-16-5-4-13(9-14-3-2-7-18-11-14)10-17(16)20-15-6-8-21-12-15/h4-5,10,14-15,18H,2-3,6-9,11-12H2,1H3. The monoisotopic (exact) mass is 307 g/mol. The van der Waals surface area contributed by atoms with Gasteiger partial charge in [0, 0.05) is 5.75 Å². The van der Waals surface area contributed by atoms with Gasteiger partial charge in [-0.1, -0.05) is 6.07 Å². The number of thioether (sulfide) groups is 1. The van der Waals surface area contributed by atoms with Crippen LogP contribution in [0.15, 0.2) is 18.2 Å². The molecule has 1 N–H and O–H groups in total. The lowest BCUT2D eigenvalue weighted by atomic mass is 9.92. The molecule has 21 heavy (non-hydrogen) atoms. The van der Waals surface area contributed by atoms with Crippen molar-refractivity contribution >= 4 is 11.8 Å². The van der Waals surface area contributed by atoms with Crippen molar-refractivity contribution < 1.29 is 9.47 Å². The maximum absolute atomic E-state index is 6.17. The van der Waals surface area contributed by atoms with Crippen LogP contribution in [0.25, 0.3) is 0 Å². The zero-order chi connectivity index (χ0) is 14.5. The van der Waals surface area contributed by atoms with Crippen LogP contribution in [-0.2, 0) is 6.42 Å². The summed E-state index contributed by atoms with van der Waals surface area (Å²) < 4.78 is 11.6. The molecular formula is C17H25NO2S. The first-order chi connectivity index (χ1) is 10.3. The molecule has 0 saturated carbocycles. The Hall–Kier alpha value is -0.870. The predicted molar refractivity (Wildman–Crippen MR) is 88.6 cm³/mol. The number of rotatable bonds is 5. The maximum atomic E-state index is 6.17. The van der Waals surface area contributed by atoms with Gasteiger partial charge in [0.05, 0.1) is 7.11 Å². The van der Waals surface area contributed by atoms with E-state index in [4.69, 9.17) is 9.47 Å². The molecule has 2 unspecified atom stereocenters. The third-order valence-electron chi connectivity index (χ3n) is 4.33. The second-order valence-electron chi connectivity index (χ2n) is 6.01. The van der Waals surface area contributed by atoms with Crippen LogP contribution in [0, 0.1) is 5.92 Å². The van der Waals surface area contributed by atoms with Gasteiger partial charge in [0.15, 0.2) is 11.5 Å². The lowest BCUT2D eigenvalue weighted by Gasteiger charge is -2.23. The zero-order valence-corrected chi connectivity index (χ0v) is 13.6. The molecule has 1 aromatic rings. The minimum Gasteiger partial charge on any atom is -0.493 e. The fourth-order valence-corrected chi connectivity index (χ4v) is 4.25. The van der Waals surface area contributed by atoms with Crippen molar-refractivity contribution in [1.82, 2.24) is 5.32 Å². The molecule has 2 saturated heterocycles. The average molecular weight is 307 g/mol. The van der Waals surface area contributed by atoms with E-state index in [0.29, 0.717) is 6.10 Å². The van der Waals surface area contributed by atoms with Gasteiger partial charge in [0.1, 0.15) is 6.10 Å². The average Bonchev–Trinajstić information content (AvgIpc) is 3.02. The molecule has 0 spiro atoms. The Balaban J connectivity index is 1.69. The first kappa shape index (κ1) is 15.0. The number of piperidine rings is 1. The highest BCUT2D eigenvalue weighted by atomic mass is 32.2. The van der Waals surface area contributed by atoms with Crippen LogP contribution < -0.4 is 14.8 Å². The van der Waals surface area contributed by atoms with Crippen LogP contribution in [-0.4, -0.2) is 37.8 Å². The fraction of sp³-hybridized carbons (Fsp3) is 0.647. The van der Waals surface area contributed by atoms with Gasteiger partial charge in [-0.25, -0.2) is 0 Å². The quantitative estimate of drug-likeness (QED) is 0.905. The summed E-state index contributed by atoms with van der Waals surface area (Å²) in [5.41, 5.74) is 1.37. The maximum Gasteiger partial charge on any atom is 0.161 e. The van der Waals surface area contributed by atoms with E-state index in [9.17, 15) is 0 Å². The first-order valence-electron chi connectivity index (χ1n) is 7.97. The Morgan fingerprint density at radius 1 is 1.29 bits per heavy atom. The molecule has 0 aromatic heterocycles. The van der Waals surface area contributed by atoms with Crippen LogP contribution in [0.3, 0.4) is 0 Å². The summed E-state index contributed by atoms with van der Waals surface area (Å²) in [6, 6.07) is 6.43. The molecule has 4 heteroatoms. The first-order valence-corrected chi connectivity index (χ1v) is 9.12. The van der Waals surface area contributed by atoms with E-state index in [1.807, 2.05) is 11.8 Å². The molecule has 3 rings (SSSR count). The molecule has 2 fully saturated rings. The van der Waals surface area contributed by atoms with Crippen molar-refractivity contribution in [3.8, 4) is 11.5 Å². The lowest BCUT2D eigenvalue weighted by molar-refractivity contribution is 0.218. The van der Waals surface area contributed by atoms with E-state index in [1.165, 1.54) is 30.7 Å². The Bertz CT molecular complexity index is 454.